The number of benzene rings is 1. The lowest BCUT2D eigenvalue weighted by Gasteiger charge is -2.26. The van der Waals surface area contributed by atoms with Gasteiger partial charge in [-0.15, -0.1) is 11.8 Å². The minimum atomic E-state index is 0.686. The van der Waals surface area contributed by atoms with Crippen LogP contribution in [-0.2, 0) is 0 Å². The minimum absolute atomic E-state index is 0.686. The molecule has 0 bridgehead atoms. The third-order valence-electron chi connectivity index (χ3n) is 3.17. The van der Waals surface area contributed by atoms with Crippen LogP contribution in [0, 0.1) is 5.92 Å². The van der Waals surface area contributed by atoms with E-state index in [9.17, 15) is 0 Å². The molecule has 16 heavy (non-hydrogen) atoms. The Bertz CT molecular complexity index is 347. The van der Waals surface area contributed by atoms with Crippen LogP contribution in [0.1, 0.15) is 32.6 Å². The number of thioether (sulfide) groups is 1. The van der Waals surface area contributed by atoms with E-state index in [-0.39, 0.29) is 0 Å². The predicted molar refractivity (Wildman–Crippen MR) is 73.1 cm³/mol. The van der Waals surface area contributed by atoms with Gasteiger partial charge in [0.25, 0.3) is 0 Å². The SMILES string of the molecule is CC1CCCC(Sc2c(N)cccc2Cl)C1. The van der Waals surface area contributed by atoms with E-state index >= 15 is 0 Å². The second-order valence-corrected chi connectivity index (χ2v) is 6.39. The zero-order valence-corrected chi connectivity index (χ0v) is 11.2. The highest BCUT2D eigenvalue weighted by Gasteiger charge is 2.21. The van der Waals surface area contributed by atoms with Crippen LogP contribution in [-0.4, -0.2) is 5.25 Å². The molecule has 88 valence electrons. The zero-order valence-electron chi connectivity index (χ0n) is 9.58. The molecule has 1 fully saturated rings. The molecule has 1 aromatic rings. The van der Waals surface area contributed by atoms with Gasteiger partial charge in [-0.25, -0.2) is 0 Å². The molecule has 0 spiro atoms. The molecule has 1 nitrogen and oxygen atoms in total. The Labute approximate surface area is 107 Å². The van der Waals surface area contributed by atoms with Crippen LogP contribution in [0.4, 0.5) is 5.69 Å². The topological polar surface area (TPSA) is 26.0 Å². The first-order valence-corrected chi connectivity index (χ1v) is 7.13. The summed E-state index contributed by atoms with van der Waals surface area (Å²) in [5, 5.41) is 1.48. The number of rotatable bonds is 2. The van der Waals surface area contributed by atoms with Gasteiger partial charge in [0.05, 0.1) is 5.02 Å². The maximum atomic E-state index is 6.18. The first-order valence-electron chi connectivity index (χ1n) is 5.87. The lowest BCUT2D eigenvalue weighted by Crippen LogP contribution is -2.15. The van der Waals surface area contributed by atoms with E-state index in [0.29, 0.717) is 5.25 Å². The largest absolute Gasteiger partial charge is 0.398 e. The molecule has 2 rings (SSSR count). The molecule has 0 aromatic heterocycles. The molecule has 1 aliphatic carbocycles. The molecular formula is C13H18ClNS. The van der Waals surface area contributed by atoms with Gasteiger partial charge in [-0.2, -0.15) is 0 Å². The van der Waals surface area contributed by atoms with Crippen molar-refractivity contribution in [3.05, 3.63) is 23.2 Å². The summed E-state index contributed by atoms with van der Waals surface area (Å²) in [6.45, 7) is 2.34. The van der Waals surface area contributed by atoms with Gasteiger partial charge in [-0.1, -0.05) is 37.4 Å². The van der Waals surface area contributed by atoms with Crippen LogP contribution in [0.2, 0.25) is 5.02 Å². The predicted octanol–water partition coefficient (Wildman–Crippen LogP) is 4.59. The maximum absolute atomic E-state index is 6.18. The summed E-state index contributed by atoms with van der Waals surface area (Å²) in [5.41, 5.74) is 6.78. The molecule has 0 saturated heterocycles. The van der Waals surface area contributed by atoms with Crippen molar-refractivity contribution in [1.82, 2.24) is 0 Å². The fraction of sp³-hybridized carbons (Fsp3) is 0.538. The molecule has 0 heterocycles. The summed E-state index contributed by atoms with van der Waals surface area (Å²) in [5.74, 6) is 0.843. The summed E-state index contributed by atoms with van der Waals surface area (Å²) < 4.78 is 0. The van der Waals surface area contributed by atoms with Crippen LogP contribution in [0.25, 0.3) is 0 Å². The van der Waals surface area contributed by atoms with Crippen LogP contribution in [0.5, 0.6) is 0 Å². The number of nitrogens with two attached hydrogens (primary N) is 1. The van der Waals surface area contributed by atoms with Crippen molar-refractivity contribution < 1.29 is 0 Å². The van der Waals surface area contributed by atoms with Crippen molar-refractivity contribution in [3.63, 3.8) is 0 Å². The van der Waals surface area contributed by atoms with Crippen LogP contribution >= 0.6 is 23.4 Å². The summed E-state index contributed by atoms with van der Waals surface area (Å²) in [7, 11) is 0. The van der Waals surface area contributed by atoms with Gasteiger partial charge >= 0.3 is 0 Å². The smallest absolute Gasteiger partial charge is 0.0562 e. The molecule has 1 aromatic carbocycles. The fourth-order valence-electron chi connectivity index (χ4n) is 2.30. The van der Waals surface area contributed by atoms with Crippen molar-refractivity contribution in [1.29, 1.82) is 0 Å². The Morgan fingerprint density at radius 3 is 2.88 bits per heavy atom. The Hall–Kier alpha value is -0.340. The maximum Gasteiger partial charge on any atom is 0.0562 e. The molecular weight excluding hydrogens is 238 g/mol. The molecule has 2 N–H and O–H groups in total. The van der Waals surface area contributed by atoms with E-state index in [1.165, 1.54) is 25.7 Å². The van der Waals surface area contributed by atoms with Crippen molar-refractivity contribution >= 4 is 29.1 Å². The van der Waals surface area contributed by atoms with Gasteiger partial charge in [0.2, 0.25) is 0 Å². The van der Waals surface area contributed by atoms with Crippen molar-refractivity contribution in [3.8, 4) is 0 Å². The average Bonchev–Trinajstić information content (AvgIpc) is 2.24. The van der Waals surface area contributed by atoms with Crippen LogP contribution in [0.15, 0.2) is 23.1 Å². The third-order valence-corrected chi connectivity index (χ3v) is 5.05. The lowest BCUT2D eigenvalue weighted by atomic mass is 9.91. The molecule has 1 saturated carbocycles. The Kier molecular flexibility index (Phi) is 4.04. The van der Waals surface area contributed by atoms with E-state index in [1.807, 2.05) is 30.0 Å². The number of halogens is 1. The van der Waals surface area contributed by atoms with Crippen molar-refractivity contribution in [2.75, 3.05) is 5.73 Å². The number of anilines is 1. The van der Waals surface area contributed by atoms with Gasteiger partial charge in [0, 0.05) is 15.8 Å². The molecule has 0 amide bonds. The highest BCUT2D eigenvalue weighted by molar-refractivity contribution is 8.00. The molecule has 3 heteroatoms. The van der Waals surface area contributed by atoms with E-state index < -0.39 is 0 Å². The summed E-state index contributed by atoms with van der Waals surface area (Å²) in [6, 6.07) is 5.76. The second-order valence-electron chi connectivity index (χ2n) is 4.67. The van der Waals surface area contributed by atoms with Gasteiger partial charge in [-0.3, -0.25) is 0 Å². The van der Waals surface area contributed by atoms with Gasteiger partial charge in [-0.05, 0) is 30.9 Å². The third kappa shape index (κ3) is 2.86. The first kappa shape index (κ1) is 12.1. The van der Waals surface area contributed by atoms with Crippen molar-refractivity contribution in [2.45, 2.75) is 42.8 Å². The van der Waals surface area contributed by atoms with Gasteiger partial charge in [0.15, 0.2) is 0 Å². The Balaban J connectivity index is 2.08. The minimum Gasteiger partial charge on any atom is -0.398 e. The normalized spacial score (nSPS) is 25.6. The molecule has 0 aliphatic heterocycles. The van der Waals surface area contributed by atoms with E-state index in [2.05, 4.69) is 6.92 Å². The van der Waals surface area contributed by atoms with E-state index in [4.69, 9.17) is 17.3 Å². The number of nitrogen functional groups attached to an aromatic ring is 1. The second kappa shape index (κ2) is 5.33. The Morgan fingerprint density at radius 2 is 2.19 bits per heavy atom. The highest BCUT2D eigenvalue weighted by atomic mass is 35.5. The summed E-state index contributed by atoms with van der Waals surface area (Å²) in [6.07, 6.45) is 5.28. The number of hydrogen-bond donors (Lipinski definition) is 1. The van der Waals surface area contributed by atoms with E-state index in [0.717, 1.165) is 21.5 Å². The summed E-state index contributed by atoms with van der Waals surface area (Å²) >= 11 is 8.05. The van der Waals surface area contributed by atoms with Crippen LogP contribution in [0.3, 0.4) is 0 Å². The standard InChI is InChI=1S/C13H18ClNS/c1-9-4-2-5-10(8-9)16-13-11(14)6-3-7-12(13)15/h3,6-7,9-10H,2,4-5,8,15H2,1H3. The molecule has 1 aliphatic rings. The fourth-order valence-corrected chi connectivity index (χ4v) is 4.04. The molecule has 2 atom stereocenters. The van der Waals surface area contributed by atoms with Gasteiger partial charge < -0.3 is 5.73 Å². The first-order chi connectivity index (χ1) is 7.66. The molecule has 0 radical (unpaired) electrons. The van der Waals surface area contributed by atoms with Gasteiger partial charge in [0.1, 0.15) is 0 Å². The number of hydrogen-bond acceptors (Lipinski definition) is 2. The van der Waals surface area contributed by atoms with Crippen molar-refractivity contribution in [2.24, 2.45) is 5.92 Å². The monoisotopic (exact) mass is 255 g/mol. The lowest BCUT2D eigenvalue weighted by molar-refractivity contribution is 0.394. The van der Waals surface area contributed by atoms with E-state index in [1.54, 1.807) is 0 Å². The van der Waals surface area contributed by atoms with Crippen LogP contribution < -0.4 is 5.73 Å². The quantitative estimate of drug-likeness (QED) is 0.782. The average molecular weight is 256 g/mol. The zero-order chi connectivity index (χ0) is 11.5. The highest BCUT2D eigenvalue weighted by Crippen LogP contribution is 2.41. The molecule has 2 unspecified atom stereocenters. The summed E-state index contributed by atoms with van der Waals surface area (Å²) in [4.78, 5) is 1.07. The Morgan fingerprint density at radius 1 is 1.38 bits per heavy atom.